The molecule has 4 nitrogen and oxygen atoms in total. The van der Waals surface area contributed by atoms with Crippen molar-refractivity contribution < 1.29 is 4.74 Å². The molecule has 0 bridgehead atoms. The van der Waals surface area contributed by atoms with Gasteiger partial charge < -0.3 is 10.1 Å². The van der Waals surface area contributed by atoms with Crippen molar-refractivity contribution in [1.29, 1.82) is 0 Å². The van der Waals surface area contributed by atoms with Gasteiger partial charge in [-0.15, -0.1) is 0 Å². The first-order valence-electron chi connectivity index (χ1n) is 7.47. The highest BCUT2D eigenvalue weighted by molar-refractivity contribution is 6.31. The smallest absolute Gasteiger partial charge is 0.126 e. The van der Waals surface area contributed by atoms with Gasteiger partial charge in [0.05, 0.1) is 23.4 Å². The predicted molar refractivity (Wildman–Crippen MR) is 81.2 cm³/mol. The molecule has 2 atom stereocenters. The van der Waals surface area contributed by atoms with Crippen molar-refractivity contribution in [2.45, 2.75) is 44.4 Å². The third-order valence-corrected chi connectivity index (χ3v) is 4.72. The second kappa shape index (κ2) is 6.29. The maximum absolute atomic E-state index is 6.30. The van der Waals surface area contributed by atoms with Crippen LogP contribution in [-0.4, -0.2) is 42.2 Å². The number of nitrogens with one attached hydrogen (secondary N) is 1. The second-order valence-corrected chi connectivity index (χ2v) is 6.01. The number of nitrogens with zero attached hydrogens (tertiary/aromatic N) is 2. The first-order chi connectivity index (χ1) is 9.78. The fourth-order valence-corrected chi connectivity index (χ4v) is 3.46. The molecular weight excluding hydrogens is 274 g/mol. The molecule has 2 fully saturated rings. The average Bonchev–Trinajstić information content (AvgIpc) is 2.50. The van der Waals surface area contributed by atoms with E-state index in [9.17, 15) is 0 Å². The summed E-state index contributed by atoms with van der Waals surface area (Å²) < 4.78 is 5.92. The SMILES string of the molecule is CNc1ccc(Cl)c(CN2CCOC3CCCCC32)n1. The molecule has 1 aliphatic carbocycles. The van der Waals surface area contributed by atoms with E-state index in [1.807, 2.05) is 19.2 Å². The van der Waals surface area contributed by atoms with Gasteiger partial charge in [-0.3, -0.25) is 4.90 Å². The first kappa shape index (κ1) is 14.1. The van der Waals surface area contributed by atoms with Crippen LogP contribution in [0.5, 0.6) is 0 Å². The van der Waals surface area contributed by atoms with Crippen molar-refractivity contribution in [3.63, 3.8) is 0 Å². The fraction of sp³-hybridized carbons (Fsp3) is 0.667. The van der Waals surface area contributed by atoms with Crippen molar-refractivity contribution in [1.82, 2.24) is 9.88 Å². The normalized spacial score (nSPS) is 27.1. The molecule has 2 heterocycles. The molecule has 0 spiro atoms. The number of anilines is 1. The Morgan fingerprint density at radius 1 is 1.40 bits per heavy atom. The Hall–Kier alpha value is -0.840. The van der Waals surface area contributed by atoms with Crippen LogP contribution in [0.2, 0.25) is 5.02 Å². The quantitative estimate of drug-likeness (QED) is 0.930. The topological polar surface area (TPSA) is 37.4 Å². The van der Waals surface area contributed by atoms with Crippen LogP contribution in [-0.2, 0) is 11.3 Å². The van der Waals surface area contributed by atoms with Gasteiger partial charge in [0, 0.05) is 26.2 Å². The van der Waals surface area contributed by atoms with Gasteiger partial charge >= 0.3 is 0 Å². The van der Waals surface area contributed by atoms with Gasteiger partial charge in [-0.25, -0.2) is 4.98 Å². The molecule has 0 radical (unpaired) electrons. The number of aromatic nitrogens is 1. The molecule has 1 aromatic rings. The van der Waals surface area contributed by atoms with E-state index < -0.39 is 0 Å². The lowest BCUT2D eigenvalue weighted by atomic mass is 9.90. The molecule has 20 heavy (non-hydrogen) atoms. The van der Waals surface area contributed by atoms with Crippen LogP contribution < -0.4 is 5.32 Å². The van der Waals surface area contributed by atoms with E-state index in [1.54, 1.807) is 0 Å². The summed E-state index contributed by atoms with van der Waals surface area (Å²) in [5.41, 5.74) is 0.963. The lowest BCUT2D eigenvalue weighted by Gasteiger charge is -2.43. The van der Waals surface area contributed by atoms with Crippen molar-refractivity contribution in [2.75, 3.05) is 25.5 Å². The third kappa shape index (κ3) is 2.92. The molecule has 1 N–H and O–H groups in total. The summed E-state index contributed by atoms with van der Waals surface area (Å²) >= 11 is 6.30. The maximum atomic E-state index is 6.30. The Morgan fingerprint density at radius 3 is 3.10 bits per heavy atom. The van der Waals surface area contributed by atoms with E-state index in [0.717, 1.165) is 36.2 Å². The molecule has 2 aliphatic rings. The minimum atomic E-state index is 0.406. The highest BCUT2D eigenvalue weighted by Gasteiger charge is 2.34. The average molecular weight is 296 g/mol. The van der Waals surface area contributed by atoms with Crippen LogP contribution in [0.15, 0.2) is 12.1 Å². The summed E-state index contributed by atoms with van der Waals surface area (Å²) in [7, 11) is 1.88. The van der Waals surface area contributed by atoms with Crippen molar-refractivity contribution in [3.8, 4) is 0 Å². The van der Waals surface area contributed by atoms with Crippen LogP contribution in [0.1, 0.15) is 31.4 Å². The molecular formula is C15H22ClN3O. The summed E-state index contributed by atoms with van der Waals surface area (Å²) in [4.78, 5) is 7.10. The Bertz CT molecular complexity index is 466. The molecule has 1 saturated heterocycles. The predicted octanol–water partition coefficient (Wildman–Crippen LogP) is 2.92. The lowest BCUT2D eigenvalue weighted by Crippen LogP contribution is -2.52. The van der Waals surface area contributed by atoms with Gasteiger partial charge in [-0.05, 0) is 25.0 Å². The Kier molecular flexibility index (Phi) is 4.44. The summed E-state index contributed by atoms with van der Waals surface area (Å²) in [5.74, 6) is 0.873. The zero-order valence-electron chi connectivity index (χ0n) is 11.9. The zero-order chi connectivity index (χ0) is 13.9. The van der Waals surface area contributed by atoms with Crippen LogP contribution in [0.25, 0.3) is 0 Å². The molecule has 0 amide bonds. The van der Waals surface area contributed by atoms with Gasteiger partial charge in [0.15, 0.2) is 0 Å². The van der Waals surface area contributed by atoms with E-state index in [-0.39, 0.29) is 0 Å². The Balaban J connectivity index is 1.75. The van der Waals surface area contributed by atoms with Crippen LogP contribution >= 0.6 is 11.6 Å². The summed E-state index contributed by atoms with van der Waals surface area (Å²) in [6, 6.07) is 4.37. The molecule has 1 saturated carbocycles. The minimum Gasteiger partial charge on any atom is -0.375 e. The molecule has 0 aromatic carbocycles. The minimum absolute atomic E-state index is 0.406. The van der Waals surface area contributed by atoms with Crippen molar-refractivity contribution in [3.05, 3.63) is 22.8 Å². The number of hydrogen-bond acceptors (Lipinski definition) is 4. The van der Waals surface area contributed by atoms with Gasteiger partial charge in [-0.1, -0.05) is 24.4 Å². The zero-order valence-corrected chi connectivity index (χ0v) is 12.7. The molecule has 5 heteroatoms. The number of rotatable bonds is 3. The van der Waals surface area contributed by atoms with E-state index >= 15 is 0 Å². The van der Waals surface area contributed by atoms with E-state index in [4.69, 9.17) is 16.3 Å². The first-order valence-corrected chi connectivity index (χ1v) is 7.84. The van der Waals surface area contributed by atoms with Crippen molar-refractivity contribution in [2.24, 2.45) is 0 Å². The van der Waals surface area contributed by atoms with Crippen LogP contribution in [0.4, 0.5) is 5.82 Å². The monoisotopic (exact) mass is 295 g/mol. The molecule has 1 aromatic heterocycles. The second-order valence-electron chi connectivity index (χ2n) is 5.61. The van der Waals surface area contributed by atoms with Crippen LogP contribution in [0.3, 0.4) is 0 Å². The number of halogens is 1. The number of ether oxygens (including phenoxy) is 1. The third-order valence-electron chi connectivity index (χ3n) is 4.37. The van der Waals surface area contributed by atoms with Gasteiger partial charge in [0.25, 0.3) is 0 Å². The highest BCUT2D eigenvalue weighted by atomic mass is 35.5. The maximum Gasteiger partial charge on any atom is 0.126 e. The van der Waals surface area contributed by atoms with E-state index in [1.165, 1.54) is 25.7 Å². The Labute approximate surface area is 125 Å². The van der Waals surface area contributed by atoms with Gasteiger partial charge in [0.1, 0.15) is 5.82 Å². The van der Waals surface area contributed by atoms with E-state index in [0.29, 0.717) is 12.1 Å². The number of morpholine rings is 1. The molecule has 3 rings (SSSR count). The van der Waals surface area contributed by atoms with E-state index in [2.05, 4.69) is 15.2 Å². The summed E-state index contributed by atoms with van der Waals surface area (Å²) in [6.45, 7) is 2.62. The fourth-order valence-electron chi connectivity index (χ4n) is 3.30. The Morgan fingerprint density at radius 2 is 2.25 bits per heavy atom. The molecule has 110 valence electrons. The number of pyridine rings is 1. The number of hydrogen-bond donors (Lipinski definition) is 1. The van der Waals surface area contributed by atoms with Crippen LogP contribution in [0, 0.1) is 0 Å². The van der Waals surface area contributed by atoms with Crippen molar-refractivity contribution >= 4 is 17.4 Å². The summed E-state index contributed by atoms with van der Waals surface area (Å²) in [6.07, 6.45) is 5.43. The van der Waals surface area contributed by atoms with Gasteiger partial charge in [0.2, 0.25) is 0 Å². The standard InChI is InChI=1S/C15H22ClN3O/c1-17-15-7-6-11(16)12(18-15)10-19-8-9-20-14-5-3-2-4-13(14)19/h6-7,13-14H,2-5,8-10H2,1H3,(H,17,18). The molecule has 1 aliphatic heterocycles. The number of fused-ring (bicyclic) bond motifs is 1. The lowest BCUT2D eigenvalue weighted by molar-refractivity contribution is -0.0914. The highest BCUT2D eigenvalue weighted by Crippen LogP contribution is 2.30. The molecule has 2 unspecified atom stereocenters. The summed E-state index contributed by atoms with van der Waals surface area (Å²) in [5, 5.41) is 3.83. The largest absolute Gasteiger partial charge is 0.375 e. The van der Waals surface area contributed by atoms with Gasteiger partial charge in [-0.2, -0.15) is 0 Å².